The molecule has 4 rings (SSSR count). The summed E-state index contributed by atoms with van der Waals surface area (Å²) >= 11 is 0. The number of nitrogens with one attached hydrogen (secondary N) is 1. The van der Waals surface area contributed by atoms with Crippen LogP contribution in [0, 0.1) is 0 Å². The van der Waals surface area contributed by atoms with E-state index < -0.39 is 0 Å². The molecule has 0 amide bonds. The number of nitrogens with zero attached hydrogens (tertiary/aromatic N) is 1. The SMILES string of the molecule is COc1ccc(-c2c(C3=CCCC3)oc3nc[nH]c(=O)c23)cc1. The van der Waals surface area contributed by atoms with Crippen LogP contribution in [0.25, 0.3) is 27.8 Å². The van der Waals surface area contributed by atoms with Crippen LogP contribution in [0.5, 0.6) is 5.75 Å². The molecule has 1 aliphatic rings. The van der Waals surface area contributed by atoms with Gasteiger partial charge in [-0.15, -0.1) is 0 Å². The maximum atomic E-state index is 12.3. The van der Waals surface area contributed by atoms with Gasteiger partial charge in [-0.2, -0.15) is 0 Å². The van der Waals surface area contributed by atoms with Crippen molar-refractivity contribution in [2.24, 2.45) is 0 Å². The summed E-state index contributed by atoms with van der Waals surface area (Å²) in [6.45, 7) is 0. The predicted molar refractivity (Wildman–Crippen MR) is 88.4 cm³/mol. The molecular weight excluding hydrogens is 292 g/mol. The number of rotatable bonds is 3. The van der Waals surface area contributed by atoms with E-state index in [9.17, 15) is 4.79 Å². The van der Waals surface area contributed by atoms with Crippen molar-refractivity contribution >= 4 is 16.7 Å². The lowest BCUT2D eigenvalue weighted by atomic mass is 9.99. The molecule has 0 saturated heterocycles. The third-order valence-electron chi connectivity index (χ3n) is 4.21. The molecule has 0 radical (unpaired) electrons. The summed E-state index contributed by atoms with van der Waals surface area (Å²) in [5, 5.41) is 0.500. The minimum Gasteiger partial charge on any atom is -0.497 e. The van der Waals surface area contributed by atoms with Crippen molar-refractivity contribution in [3.63, 3.8) is 0 Å². The molecule has 1 aromatic carbocycles. The summed E-state index contributed by atoms with van der Waals surface area (Å²) in [5.41, 5.74) is 3.07. The first-order valence-electron chi connectivity index (χ1n) is 7.62. The molecule has 0 saturated carbocycles. The molecule has 1 N–H and O–H groups in total. The maximum Gasteiger partial charge on any atom is 0.262 e. The van der Waals surface area contributed by atoms with Gasteiger partial charge in [-0.25, -0.2) is 4.98 Å². The van der Waals surface area contributed by atoms with Gasteiger partial charge in [0.05, 0.1) is 13.4 Å². The molecule has 3 aromatic rings. The summed E-state index contributed by atoms with van der Waals surface area (Å²) < 4.78 is 11.2. The van der Waals surface area contributed by atoms with Gasteiger partial charge in [0, 0.05) is 5.56 Å². The Morgan fingerprint density at radius 2 is 2.09 bits per heavy atom. The van der Waals surface area contributed by atoms with Gasteiger partial charge in [-0.1, -0.05) is 18.2 Å². The first-order valence-corrected chi connectivity index (χ1v) is 7.62. The van der Waals surface area contributed by atoms with E-state index in [1.54, 1.807) is 7.11 Å². The summed E-state index contributed by atoms with van der Waals surface area (Å²) in [7, 11) is 1.63. The highest BCUT2D eigenvalue weighted by molar-refractivity contribution is 5.98. The quantitative estimate of drug-likeness (QED) is 0.800. The monoisotopic (exact) mass is 308 g/mol. The van der Waals surface area contributed by atoms with Crippen LogP contribution in [0.15, 0.2) is 45.9 Å². The Morgan fingerprint density at radius 3 is 2.78 bits per heavy atom. The van der Waals surface area contributed by atoms with Gasteiger partial charge in [0.25, 0.3) is 5.56 Å². The number of methoxy groups -OCH3 is 1. The van der Waals surface area contributed by atoms with Gasteiger partial charge in [0.1, 0.15) is 16.9 Å². The first kappa shape index (κ1) is 13.8. The zero-order valence-corrected chi connectivity index (χ0v) is 12.8. The molecule has 2 heterocycles. The second-order valence-electron chi connectivity index (χ2n) is 5.57. The molecular formula is C18H16N2O3. The number of ether oxygens (including phenoxy) is 1. The van der Waals surface area contributed by atoms with Crippen LogP contribution in [0.4, 0.5) is 0 Å². The Kier molecular flexibility index (Phi) is 3.26. The Balaban J connectivity index is 2.01. The van der Waals surface area contributed by atoms with E-state index in [0.29, 0.717) is 11.1 Å². The molecule has 2 aromatic heterocycles. The van der Waals surface area contributed by atoms with Crippen LogP contribution in [0.2, 0.25) is 0 Å². The van der Waals surface area contributed by atoms with Crippen molar-refractivity contribution in [3.05, 3.63) is 52.8 Å². The lowest BCUT2D eigenvalue weighted by Crippen LogP contribution is -2.05. The number of furan rings is 1. The predicted octanol–water partition coefficient (Wildman–Crippen LogP) is 3.76. The number of hydrogen-bond donors (Lipinski definition) is 1. The molecule has 23 heavy (non-hydrogen) atoms. The molecule has 0 unspecified atom stereocenters. The fraction of sp³-hybridized carbons (Fsp3) is 0.222. The van der Waals surface area contributed by atoms with Crippen molar-refractivity contribution < 1.29 is 9.15 Å². The summed E-state index contributed by atoms with van der Waals surface area (Å²) in [4.78, 5) is 19.1. The van der Waals surface area contributed by atoms with Gasteiger partial charge in [0.2, 0.25) is 5.71 Å². The van der Waals surface area contributed by atoms with Crippen molar-refractivity contribution in [2.45, 2.75) is 19.3 Å². The smallest absolute Gasteiger partial charge is 0.262 e. The van der Waals surface area contributed by atoms with Crippen molar-refractivity contribution in [3.8, 4) is 16.9 Å². The highest BCUT2D eigenvalue weighted by Gasteiger charge is 2.23. The average Bonchev–Trinajstić information content (AvgIpc) is 3.23. The van der Waals surface area contributed by atoms with Gasteiger partial charge >= 0.3 is 0 Å². The number of aromatic amines is 1. The number of fused-ring (bicyclic) bond motifs is 1. The number of H-pyrrole nitrogens is 1. The molecule has 0 spiro atoms. The van der Waals surface area contributed by atoms with Crippen molar-refractivity contribution in [1.82, 2.24) is 9.97 Å². The Bertz CT molecular complexity index is 949. The third kappa shape index (κ3) is 2.25. The lowest BCUT2D eigenvalue weighted by molar-refractivity contribution is 0.415. The molecule has 116 valence electrons. The lowest BCUT2D eigenvalue weighted by Gasteiger charge is -2.05. The highest BCUT2D eigenvalue weighted by Crippen LogP contribution is 2.40. The molecule has 0 fully saturated rings. The van der Waals surface area contributed by atoms with E-state index in [-0.39, 0.29) is 5.56 Å². The van der Waals surface area contributed by atoms with E-state index in [1.807, 2.05) is 24.3 Å². The number of allylic oxidation sites excluding steroid dienone is 2. The fourth-order valence-electron chi connectivity index (χ4n) is 3.08. The number of hydrogen-bond acceptors (Lipinski definition) is 4. The standard InChI is InChI=1S/C18H16N2O3/c1-22-13-8-6-11(7-9-13)14-15-17(21)19-10-20-18(15)23-16(14)12-4-2-3-5-12/h4,6-10H,2-3,5H2,1H3,(H,19,20,21). The normalized spacial score (nSPS) is 14.2. The summed E-state index contributed by atoms with van der Waals surface area (Å²) in [6.07, 6.45) is 6.66. The highest BCUT2D eigenvalue weighted by atomic mass is 16.5. The summed E-state index contributed by atoms with van der Waals surface area (Å²) in [6, 6.07) is 7.64. The van der Waals surface area contributed by atoms with E-state index in [0.717, 1.165) is 47.5 Å². The largest absolute Gasteiger partial charge is 0.497 e. The average molecular weight is 308 g/mol. The topological polar surface area (TPSA) is 68.1 Å². The van der Waals surface area contributed by atoms with Crippen LogP contribution >= 0.6 is 0 Å². The zero-order chi connectivity index (χ0) is 15.8. The van der Waals surface area contributed by atoms with Crippen LogP contribution in [0.3, 0.4) is 0 Å². The van der Waals surface area contributed by atoms with Gasteiger partial charge in [-0.05, 0) is 42.5 Å². The third-order valence-corrected chi connectivity index (χ3v) is 4.21. The summed E-state index contributed by atoms with van der Waals surface area (Å²) in [5.74, 6) is 1.53. The number of benzene rings is 1. The Labute approximate surface area is 132 Å². The van der Waals surface area contributed by atoms with Crippen LogP contribution in [-0.2, 0) is 0 Å². The minimum atomic E-state index is -0.186. The Hall–Kier alpha value is -2.82. The zero-order valence-electron chi connectivity index (χ0n) is 12.8. The van der Waals surface area contributed by atoms with E-state index in [2.05, 4.69) is 16.0 Å². The van der Waals surface area contributed by atoms with Crippen molar-refractivity contribution in [2.75, 3.05) is 7.11 Å². The minimum absolute atomic E-state index is 0.186. The van der Waals surface area contributed by atoms with Crippen LogP contribution in [-0.4, -0.2) is 17.1 Å². The molecule has 0 bridgehead atoms. The van der Waals surface area contributed by atoms with Crippen molar-refractivity contribution in [1.29, 1.82) is 0 Å². The van der Waals surface area contributed by atoms with Crippen LogP contribution in [0.1, 0.15) is 25.0 Å². The number of aromatic nitrogens is 2. The van der Waals surface area contributed by atoms with E-state index >= 15 is 0 Å². The molecule has 5 heteroatoms. The molecule has 5 nitrogen and oxygen atoms in total. The van der Waals surface area contributed by atoms with Gasteiger partial charge in [0.15, 0.2) is 0 Å². The first-order chi connectivity index (χ1) is 11.3. The molecule has 0 atom stereocenters. The Morgan fingerprint density at radius 1 is 1.26 bits per heavy atom. The maximum absolute atomic E-state index is 12.3. The molecule has 1 aliphatic carbocycles. The second-order valence-corrected chi connectivity index (χ2v) is 5.57. The van der Waals surface area contributed by atoms with Gasteiger partial charge < -0.3 is 14.1 Å². The molecule has 0 aliphatic heterocycles. The van der Waals surface area contributed by atoms with E-state index in [1.165, 1.54) is 6.33 Å². The van der Waals surface area contributed by atoms with Gasteiger partial charge in [-0.3, -0.25) is 4.79 Å². The van der Waals surface area contributed by atoms with Crippen LogP contribution < -0.4 is 10.3 Å². The fourth-order valence-corrected chi connectivity index (χ4v) is 3.08. The van der Waals surface area contributed by atoms with E-state index in [4.69, 9.17) is 9.15 Å². The second kappa shape index (κ2) is 5.43.